The van der Waals surface area contributed by atoms with Crippen LogP contribution in [-0.4, -0.2) is 39.2 Å². The Hall–Kier alpha value is -2.42. The predicted octanol–water partition coefficient (Wildman–Crippen LogP) is 2.22. The van der Waals surface area contributed by atoms with Gasteiger partial charge in [-0.3, -0.25) is 10.00 Å². The molecule has 3 rings (SSSR count). The fourth-order valence-corrected chi connectivity index (χ4v) is 2.81. The minimum absolute atomic E-state index is 0.162. The van der Waals surface area contributed by atoms with Gasteiger partial charge in [0.15, 0.2) is 11.6 Å². The summed E-state index contributed by atoms with van der Waals surface area (Å²) in [5, 5.41) is 13.9. The highest BCUT2D eigenvalue weighted by atomic mass is 16.5. The van der Waals surface area contributed by atoms with Crippen LogP contribution in [0.4, 0.5) is 10.6 Å². The van der Waals surface area contributed by atoms with Crippen molar-refractivity contribution in [3.8, 4) is 0 Å². The van der Waals surface area contributed by atoms with E-state index in [9.17, 15) is 4.79 Å². The Morgan fingerprint density at radius 3 is 2.72 bits per heavy atom. The van der Waals surface area contributed by atoms with E-state index in [1.165, 1.54) is 0 Å². The minimum atomic E-state index is -0.354. The van der Waals surface area contributed by atoms with Gasteiger partial charge in [-0.15, -0.1) is 0 Å². The van der Waals surface area contributed by atoms with Gasteiger partial charge in [-0.25, -0.2) is 4.79 Å². The summed E-state index contributed by atoms with van der Waals surface area (Å²) in [6.07, 6.45) is 3.42. The van der Waals surface area contributed by atoms with Gasteiger partial charge >= 0.3 is 6.03 Å². The number of anilines is 1. The second kappa shape index (κ2) is 7.64. The molecule has 0 bridgehead atoms. The summed E-state index contributed by atoms with van der Waals surface area (Å²) in [4.78, 5) is 16.9. The van der Waals surface area contributed by atoms with Gasteiger partial charge in [-0.05, 0) is 18.8 Å². The van der Waals surface area contributed by atoms with Crippen molar-refractivity contribution in [1.82, 2.24) is 25.2 Å². The lowest BCUT2D eigenvalue weighted by molar-refractivity contribution is 0.0506. The van der Waals surface area contributed by atoms with Crippen LogP contribution >= 0.6 is 0 Å². The third-order valence-electron chi connectivity index (χ3n) is 4.22. The molecule has 2 aromatic rings. The highest BCUT2D eigenvalue weighted by Crippen LogP contribution is 2.30. The smallest absolute Gasteiger partial charge is 0.321 e. The molecule has 1 atom stereocenters. The van der Waals surface area contributed by atoms with Crippen molar-refractivity contribution in [2.75, 3.05) is 18.5 Å². The first-order valence-corrected chi connectivity index (χ1v) is 8.51. The Bertz CT molecular complexity index is 704. The molecule has 136 valence electrons. The molecule has 0 spiro atoms. The van der Waals surface area contributed by atoms with E-state index >= 15 is 0 Å². The van der Waals surface area contributed by atoms with Crippen LogP contribution in [-0.2, 0) is 11.8 Å². The number of carbonyl (C=O) groups is 1. The first-order chi connectivity index (χ1) is 12.0. The number of amides is 2. The molecule has 1 aliphatic rings. The van der Waals surface area contributed by atoms with E-state index in [-0.39, 0.29) is 23.9 Å². The molecule has 0 aromatic carbocycles. The SMILES string of the molecule is CC(C)c1noc([C@H](NC(=O)Nc2ccn(C)n2)C2CCOCC2)n1. The molecule has 3 heterocycles. The normalized spacial score (nSPS) is 16.8. The Morgan fingerprint density at radius 2 is 2.12 bits per heavy atom. The van der Waals surface area contributed by atoms with E-state index < -0.39 is 0 Å². The molecule has 2 amide bonds. The molecule has 1 saturated heterocycles. The van der Waals surface area contributed by atoms with Crippen LogP contribution in [0.2, 0.25) is 0 Å². The number of hydrogen-bond acceptors (Lipinski definition) is 6. The summed E-state index contributed by atoms with van der Waals surface area (Å²) >= 11 is 0. The summed E-state index contributed by atoms with van der Waals surface area (Å²) in [6.45, 7) is 5.32. The molecule has 0 radical (unpaired) electrons. The Morgan fingerprint density at radius 1 is 1.36 bits per heavy atom. The number of nitrogens with one attached hydrogen (secondary N) is 2. The standard InChI is InChI=1S/C16H24N6O3/c1-10(2)14-19-15(25-21-14)13(11-5-8-24-9-6-11)18-16(23)17-12-4-7-22(3)20-12/h4,7,10-11,13H,5-6,8-9H2,1-3H3,(H2,17,18,20,23)/t13-/m1/s1. The number of nitrogens with zero attached hydrogens (tertiary/aromatic N) is 4. The maximum atomic E-state index is 12.4. The highest BCUT2D eigenvalue weighted by molar-refractivity contribution is 5.88. The molecule has 2 aromatic heterocycles. The summed E-state index contributed by atoms with van der Waals surface area (Å²) < 4.78 is 12.5. The zero-order valence-corrected chi connectivity index (χ0v) is 14.7. The van der Waals surface area contributed by atoms with E-state index in [0.29, 0.717) is 30.7 Å². The minimum Gasteiger partial charge on any atom is -0.381 e. The van der Waals surface area contributed by atoms with Crippen LogP contribution in [0.5, 0.6) is 0 Å². The maximum Gasteiger partial charge on any atom is 0.321 e. The zero-order chi connectivity index (χ0) is 17.8. The van der Waals surface area contributed by atoms with Crippen molar-refractivity contribution in [2.24, 2.45) is 13.0 Å². The molecule has 0 saturated carbocycles. The second-order valence-corrected chi connectivity index (χ2v) is 6.55. The second-order valence-electron chi connectivity index (χ2n) is 6.55. The molecular formula is C16H24N6O3. The topological polar surface area (TPSA) is 107 Å². The number of hydrogen-bond donors (Lipinski definition) is 2. The summed E-state index contributed by atoms with van der Waals surface area (Å²) in [5.74, 6) is 1.91. The van der Waals surface area contributed by atoms with Gasteiger partial charge in [0, 0.05) is 38.4 Å². The molecule has 1 aliphatic heterocycles. The van der Waals surface area contributed by atoms with E-state index in [1.807, 2.05) is 13.8 Å². The van der Waals surface area contributed by atoms with Crippen LogP contribution in [0, 0.1) is 5.92 Å². The summed E-state index contributed by atoms with van der Waals surface area (Å²) in [6, 6.07) is 1.03. The molecule has 2 N–H and O–H groups in total. The van der Waals surface area contributed by atoms with Crippen molar-refractivity contribution in [3.63, 3.8) is 0 Å². The molecule has 1 fully saturated rings. The molecular weight excluding hydrogens is 324 g/mol. The average Bonchev–Trinajstić information content (AvgIpc) is 3.23. The third-order valence-corrected chi connectivity index (χ3v) is 4.22. The van der Waals surface area contributed by atoms with Crippen molar-refractivity contribution < 1.29 is 14.1 Å². The predicted molar refractivity (Wildman–Crippen MR) is 90.0 cm³/mol. The van der Waals surface area contributed by atoms with Gasteiger partial charge < -0.3 is 14.6 Å². The van der Waals surface area contributed by atoms with Crippen LogP contribution in [0.25, 0.3) is 0 Å². The van der Waals surface area contributed by atoms with Crippen LogP contribution in [0.1, 0.15) is 50.4 Å². The Balaban J connectivity index is 1.74. The van der Waals surface area contributed by atoms with E-state index in [1.54, 1.807) is 24.0 Å². The van der Waals surface area contributed by atoms with Crippen molar-refractivity contribution in [2.45, 2.75) is 38.6 Å². The van der Waals surface area contributed by atoms with Gasteiger partial charge in [0.1, 0.15) is 6.04 Å². The Kier molecular flexibility index (Phi) is 5.32. The number of aryl methyl sites for hydroxylation is 1. The number of rotatable bonds is 5. The zero-order valence-electron chi connectivity index (χ0n) is 14.7. The molecule has 0 unspecified atom stereocenters. The van der Waals surface area contributed by atoms with Gasteiger partial charge in [0.25, 0.3) is 0 Å². The molecule has 9 heteroatoms. The van der Waals surface area contributed by atoms with E-state index in [4.69, 9.17) is 9.26 Å². The van der Waals surface area contributed by atoms with Crippen LogP contribution in [0.15, 0.2) is 16.8 Å². The van der Waals surface area contributed by atoms with Crippen LogP contribution < -0.4 is 10.6 Å². The van der Waals surface area contributed by atoms with Crippen molar-refractivity contribution >= 4 is 11.8 Å². The monoisotopic (exact) mass is 348 g/mol. The summed E-state index contributed by atoms with van der Waals surface area (Å²) in [7, 11) is 1.79. The molecule has 0 aliphatic carbocycles. The van der Waals surface area contributed by atoms with Gasteiger partial charge in [-0.1, -0.05) is 19.0 Å². The van der Waals surface area contributed by atoms with E-state index in [2.05, 4.69) is 25.9 Å². The lowest BCUT2D eigenvalue weighted by Gasteiger charge is -2.28. The highest BCUT2D eigenvalue weighted by Gasteiger charge is 2.31. The Labute approximate surface area is 146 Å². The van der Waals surface area contributed by atoms with Crippen LogP contribution in [0.3, 0.4) is 0 Å². The molecule has 25 heavy (non-hydrogen) atoms. The first kappa shape index (κ1) is 17.4. The number of ether oxygens (including phenoxy) is 1. The lowest BCUT2D eigenvalue weighted by atomic mass is 9.91. The maximum absolute atomic E-state index is 12.4. The quantitative estimate of drug-likeness (QED) is 0.858. The fraction of sp³-hybridized carbons (Fsp3) is 0.625. The number of aromatic nitrogens is 4. The fourth-order valence-electron chi connectivity index (χ4n) is 2.81. The van der Waals surface area contributed by atoms with Crippen molar-refractivity contribution in [1.29, 1.82) is 0 Å². The number of carbonyl (C=O) groups excluding carboxylic acids is 1. The van der Waals surface area contributed by atoms with Gasteiger partial charge in [-0.2, -0.15) is 10.1 Å². The lowest BCUT2D eigenvalue weighted by Crippen LogP contribution is -2.38. The van der Waals surface area contributed by atoms with Gasteiger partial charge in [0.2, 0.25) is 5.89 Å². The number of urea groups is 1. The summed E-state index contributed by atoms with van der Waals surface area (Å²) in [5.41, 5.74) is 0. The molecule has 9 nitrogen and oxygen atoms in total. The van der Waals surface area contributed by atoms with Crippen molar-refractivity contribution in [3.05, 3.63) is 24.0 Å². The largest absolute Gasteiger partial charge is 0.381 e. The first-order valence-electron chi connectivity index (χ1n) is 8.51. The van der Waals surface area contributed by atoms with E-state index in [0.717, 1.165) is 12.8 Å². The third kappa shape index (κ3) is 4.36. The average molecular weight is 348 g/mol. The van der Waals surface area contributed by atoms with Gasteiger partial charge in [0.05, 0.1) is 0 Å².